The minimum atomic E-state index is -4.64. The van der Waals surface area contributed by atoms with Gasteiger partial charge in [0.2, 0.25) is 5.78 Å². The zero-order chi connectivity index (χ0) is 11.8. The second kappa shape index (κ2) is 3.52. The number of carboxylic acid groups (broad SMARTS) is 1. The average Bonchev–Trinajstić information content (AvgIpc) is 2.30. The molecule has 0 bridgehead atoms. The van der Waals surface area contributed by atoms with Gasteiger partial charge in [-0.05, 0) is 0 Å². The quantitative estimate of drug-likeness (QED) is 0.515. The van der Waals surface area contributed by atoms with E-state index in [2.05, 4.69) is 0 Å². The van der Waals surface area contributed by atoms with Gasteiger partial charge in [-0.15, -0.1) is 0 Å². The molecule has 0 aromatic carbocycles. The highest BCUT2D eigenvalue weighted by atomic mass is 19.4. The lowest BCUT2D eigenvalue weighted by molar-refractivity contribution is -0.159. The van der Waals surface area contributed by atoms with Crippen molar-refractivity contribution in [2.75, 3.05) is 13.1 Å². The van der Waals surface area contributed by atoms with Gasteiger partial charge in [0.25, 0.3) is 5.91 Å². The van der Waals surface area contributed by atoms with E-state index in [0.29, 0.717) is 0 Å². The van der Waals surface area contributed by atoms with Crippen LogP contribution in [0.25, 0.3) is 0 Å². The Morgan fingerprint density at radius 1 is 1.47 bits per heavy atom. The Bertz CT molecular complexity index is 325. The van der Waals surface area contributed by atoms with E-state index in [4.69, 9.17) is 5.11 Å². The summed E-state index contributed by atoms with van der Waals surface area (Å²) in [7, 11) is 0. The number of nitrogens with zero attached hydrogens (tertiary/aromatic N) is 1. The minimum absolute atomic E-state index is 0.196. The van der Waals surface area contributed by atoms with Gasteiger partial charge in [-0.2, -0.15) is 13.2 Å². The zero-order valence-corrected chi connectivity index (χ0v) is 7.24. The molecule has 15 heavy (non-hydrogen) atoms. The fourth-order valence-electron chi connectivity index (χ4n) is 1.23. The van der Waals surface area contributed by atoms with Crippen molar-refractivity contribution in [3.05, 3.63) is 0 Å². The molecule has 0 aromatic heterocycles. The first-order valence-corrected chi connectivity index (χ1v) is 3.85. The van der Waals surface area contributed by atoms with Crippen molar-refractivity contribution in [3.63, 3.8) is 0 Å². The molecule has 0 spiro atoms. The summed E-state index contributed by atoms with van der Waals surface area (Å²) in [5.74, 6) is -5.95. The van der Waals surface area contributed by atoms with Crippen LogP contribution in [0.3, 0.4) is 0 Å². The molecule has 1 N–H and O–H groups in total. The summed E-state index contributed by atoms with van der Waals surface area (Å²) in [6, 6.07) is 0. The maximum Gasteiger partial charge on any atom is 0.406 e. The Morgan fingerprint density at radius 2 is 2.00 bits per heavy atom. The molecule has 1 heterocycles. The van der Waals surface area contributed by atoms with Gasteiger partial charge in [0.05, 0.1) is 0 Å². The molecule has 1 aliphatic rings. The molecule has 84 valence electrons. The molecule has 1 rings (SSSR count). The Morgan fingerprint density at radius 3 is 2.33 bits per heavy atom. The number of rotatable bonds is 2. The number of likely N-dealkylation sites (tertiary alicyclic amines) is 1. The normalized spacial score (nSPS) is 22.3. The molecule has 8 heteroatoms. The number of halogens is 3. The number of Topliss-reactive ketones (excluding diaryl/α,β-unsaturated/α-hetero) is 1. The summed E-state index contributed by atoms with van der Waals surface area (Å²) in [6.45, 7) is -2.31. The van der Waals surface area contributed by atoms with Crippen LogP contribution in [-0.2, 0) is 14.4 Å². The molecule has 0 aliphatic carbocycles. The number of amides is 1. The van der Waals surface area contributed by atoms with Gasteiger partial charge >= 0.3 is 12.1 Å². The largest absolute Gasteiger partial charge is 0.481 e. The summed E-state index contributed by atoms with van der Waals surface area (Å²) in [6.07, 6.45) is -4.64. The molecule has 1 amide bonds. The predicted molar refractivity (Wildman–Crippen MR) is 38.8 cm³/mol. The van der Waals surface area contributed by atoms with Crippen molar-refractivity contribution in [1.82, 2.24) is 4.90 Å². The molecule has 1 fully saturated rings. The number of alkyl halides is 3. The SMILES string of the molecule is O=C(O)C1CN(CC(F)(F)F)C(=O)C1=O. The molecule has 0 radical (unpaired) electrons. The smallest absolute Gasteiger partial charge is 0.406 e. The van der Waals surface area contributed by atoms with Gasteiger partial charge in [0, 0.05) is 6.54 Å². The Labute approximate surface area is 81.5 Å². The maximum absolute atomic E-state index is 11.9. The molecular weight excluding hydrogens is 219 g/mol. The lowest BCUT2D eigenvalue weighted by Crippen LogP contribution is -2.36. The number of carbonyl (C=O) groups is 3. The third-order valence-corrected chi connectivity index (χ3v) is 1.89. The number of hydrogen-bond acceptors (Lipinski definition) is 3. The predicted octanol–water partition coefficient (Wildman–Crippen LogP) is -0.339. The van der Waals surface area contributed by atoms with Crippen LogP contribution in [0.4, 0.5) is 13.2 Å². The van der Waals surface area contributed by atoms with Gasteiger partial charge in [-0.3, -0.25) is 14.4 Å². The Hall–Kier alpha value is -1.60. The van der Waals surface area contributed by atoms with Gasteiger partial charge < -0.3 is 10.0 Å². The molecule has 1 unspecified atom stereocenters. The first-order valence-electron chi connectivity index (χ1n) is 3.85. The van der Waals surface area contributed by atoms with Crippen LogP contribution < -0.4 is 0 Å². The average molecular weight is 225 g/mol. The fourth-order valence-corrected chi connectivity index (χ4v) is 1.23. The lowest BCUT2D eigenvalue weighted by atomic mass is 10.1. The summed E-state index contributed by atoms with van der Waals surface area (Å²) >= 11 is 0. The summed E-state index contributed by atoms with van der Waals surface area (Å²) in [4.78, 5) is 32.4. The van der Waals surface area contributed by atoms with Crippen LogP contribution in [0.5, 0.6) is 0 Å². The summed E-state index contributed by atoms with van der Waals surface area (Å²) < 4.78 is 35.7. The van der Waals surface area contributed by atoms with E-state index in [0.717, 1.165) is 0 Å². The molecular formula is C7H6F3NO4. The minimum Gasteiger partial charge on any atom is -0.481 e. The molecule has 0 saturated carbocycles. The van der Waals surface area contributed by atoms with E-state index >= 15 is 0 Å². The van der Waals surface area contributed by atoms with Gasteiger partial charge in [0.15, 0.2) is 0 Å². The molecule has 5 nitrogen and oxygen atoms in total. The Balaban J connectivity index is 2.76. The number of carboxylic acids is 1. The van der Waals surface area contributed by atoms with Crippen LogP contribution in [-0.4, -0.2) is 46.9 Å². The van der Waals surface area contributed by atoms with E-state index in [1.807, 2.05) is 0 Å². The monoisotopic (exact) mass is 225 g/mol. The molecule has 1 saturated heterocycles. The van der Waals surface area contributed by atoms with Crippen LogP contribution in [0.15, 0.2) is 0 Å². The molecule has 1 aliphatic heterocycles. The second-order valence-electron chi connectivity index (χ2n) is 3.06. The Kier molecular flexibility index (Phi) is 2.69. The van der Waals surface area contributed by atoms with E-state index in [1.54, 1.807) is 0 Å². The number of carbonyl (C=O) groups excluding carboxylic acids is 2. The van der Waals surface area contributed by atoms with Crippen LogP contribution in [0.2, 0.25) is 0 Å². The van der Waals surface area contributed by atoms with Crippen molar-refractivity contribution < 1.29 is 32.7 Å². The van der Waals surface area contributed by atoms with E-state index in [9.17, 15) is 27.6 Å². The first-order chi connectivity index (χ1) is 6.72. The highest BCUT2D eigenvalue weighted by Gasteiger charge is 2.46. The number of ketones is 1. The van der Waals surface area contributed by atoms with E-state index < -0.39 is 42.8 Å². The fraction of sp³-hybridized carbons (Fsp3) is 0.571. The number of hydrogen-bond donors (Lipinski definition) is 1. The highest BCUT2D eigenvalue weighted by molar-refractivity contribution is 6.42. The summed E-state index contributed by atoms with van der Waals surface area (Å²) in [5.41, 5.74) is 0. The van der Waals surface area contributed by atoms with Crippen LogP contribution >= 0.6 is 0 Å². The zero-order valence-electron chi connectivity index (χ0n) is 7.24. The van der Waals surface area contributed by atoms with Crippen molar-refractivity contribution in [2.45, 2.75) is 6.18 Å². The van der Waals surface area contributed by atoms with Gasteiger partial charge in [-0.25, -0.2) is 0 Å². The maximum atomic E-state index is 11.9. The topological polar surface area (TPSA) is 74.7 Å². The van der Waals surface area contributed by atoms with Crippen molar-refractivity contribution in [2.24, 2.45) is 5.92 Å². The third kappa shape index (κ3) is 2.45. The highest BCUT2D eigenvalue weighted by Crippen LogP contribution is 2.21. The van der Waals surface area contributed by atoms with Gasteiger partial charge in [-0.1, -0.05) is 0 Å². The molecule has 1 atom stereocenters. The first kappa shape index (κ1) is 11.5. The van der Waals surface area contributed by atoms with Gasteiger partial charge in [0.1, 0.15) is 12.5 Å². The van der Waals surface area contributed by atoms with Crippen molar-refractivity contribution in [3.8, 4) is 0 Å². The number of aliphatic carboxylic acids is 1. The second-order valence-corrected chi connectivity index (χ2v) is 3.06. The van der Waals surface area contributed by atoms with Crippen molar-refractivity contribution in [1.29, 1.82) is 0 Å². The standard InChI is InChI=1S/C7H6F3NO4/c8-7(9,10)2-11-1-3(6(14)15)4(12)5(11)13/h3H,1-2H2,(H,14,15). The lowest BCUT2D eigenvalue weighted by Gasteiger charge is -2.16. The van der Waals surface area contributed by atoms with Crippen LogP contribution in [0, 0.1) is 5.92 Å². The molecule has 0 aromatic rings. The van der Waals surface area contributed by atoms with E-state index in [-0.39, 0.29) is 4.90 Å². The van der Waals surface area contributed by atoms with Crippen LogP contribution in [0.1, 0.15) is 0 Å². The summed E-state index contributed by atoms with van der Waals surface area (Å²) in [5, 5.41) is 8.44. The van der Waals surface area contributed by atoms with Crippen molar-refractivity contribution >= 4 is 17.7 Å². The third-order valence-electron chi connectivity index (χ3n) is 1.89. The van der Waals surface area contributed by atoms with E-state index in [1.165, 1.54) is 0 Å².